The van der Waals surface area contributed by atoms with E-state index in [9.17, 15) is 4.79 Å². The summed E-state index contributed by atoms with van der Waals surface area (Å²) >= 11 is 0. The molecule has 1 atom stereocenters. The fourth-order valence-corrected chi connectivity index (χ4v) is 3.32. The van der Waals surface area contributed by atoms with Crippen LogP contribution in [0.2, 0.25) is 0 Å². The van der Waals surface area contributed by atoms with Crippen LogP contribution in [-0.2, 0) is 9.53 Å². The van der Waals surface area contributed by atoms with Gasteiger partial charge in [-0.25, -0.2) is 0 Å². The molecule has 2 heterocycles. The minimum Gasteiger partial charge on any atom is -0.493 e. The van der Waals surface area contributed by atoms with Crippen molar-refractivity contribution in [1.29, 1.82) is 0 Å². The van der Waals surface area contributed by atoms with Gasteiger partial charge in [-0.1, -0.05) is 18.2 Å². The van der Waals surface area contributed by atoms with Crippen molar-refractivity contribution in [2.75, 3.05) is 32.9 Å². The van der Waals surface area contributed by atoms with Crippen molar-refractivity contribution in [3.05, 3.63) is 30.3 Å². The van der Waals surface area contributed by atoms with Crippen molar-refractivity contribution in [2.45, 2.75) is 25.7 Å². The molecule has 1 aromatic rings. The van der Waals surface area contributed by atoms with Gasteiger partial charge in [0.15, 0.2) is 0 Å². The molecular weight excluding hydrogens is 266 g/mol. The zero-order valence-electron chi connectivity index (χ0n) is 12.4. The highest BCUT2D eigenvalue weighted by atomic mass is 16.5. The SMILES string of the molecule is O=C(CCOc1ccccc1)N1CCC[C@@]2(CCOC2)C1. The van der Waals surface area contributed by atoms with E-state index in [-0.39, 0.29) is 11.3 Å². The number of amides is 1. The molecule has 0 saturated carbocycles. The van der Waals surface area contributed by atoms with E-state index in [0.717, 1.165) is 44.9 Å². The number of likely N-dealkylation sites (tertiary alicyclic amines) is 1. The highest BCUT2D eigenvalue weighted by Gasteiger charge is 2.39. The number of benzene rings is 1. The normalized spacial score (nSPS) is 25.2. The highest BCUT2D eigenvalue weighted by Crippen LogP contribution is 2.37. The van der Waals surface area contributed by atoms with E-state index in [1.807, 2.05) is 35.2 Å². The van der Waals surface area contributed by atoms with Crippen LogP contribution in [0.25, 0.3) is 0 Å². The summed E-state index contributed by atoms with van der Waals surface area (Å²) in [5.41, 5.74) is 0.230. The Kier molecular flexibility index (Phi) is 4.44. The molecule has 0 N–H and O–H groups in total. The summed E-state index contributed by atoms with van der Waals surface area (Å²) in [5, 5.41) is 0. The number of rotatable bonds is 4. The maximum atomic E-state index is 12.3. The lowest BCUT2D eigenvalue weighted by molar-refractivity contribution is -0.135. The first-order chi connectivity index (χ1) is 10.3. The Bertz CT molecular complexity index is 468. The molecule has 0 radical (unpaired) electrons. The van der Waals surface area contributed by atoms with E-state index in [1.54, 1.807) is 0 Å². The number of nitrogens with zero attached hydrogens (tertiary/aromatic N) is 1. The minimum atomic E-state index is 0.205. The summed E-state index contributed by atoms with van der Waals surface area (Å²) in [4.78, 5) is 14.3. The van der Waals surface area contributed by atoms with Crippen molar-refractivity contribution in [3.63, 3.8) is 0 Å². The van der Waals surface area contributed by atoms with Crippen molar-refractivity contribution >= 4 is 5.91 Å². The molecule has 2 saturated heterocycles. The standard InChI is InChI=1S/C17H23NO3/c19-16(7-11-21-15-5-2-1-3-6-15)18-10-4-8-17(13-18)9-12-20-14-17/h1-3,5-6H,4,7-14H2/t17-/m1/s1. The number of piperidine rings is 1. The largest absolute Gasteiger partial charge is 0.493 e. The zero-order valence-corrected chi connectivity index (χ0v) is 12.4. The van der Waals surface area contributed by atoms with Crippen LogP contribution in [0.5, 0.6) is 5.75 Å². The number of ether oxygens (including phenoxy) is 2. The van der Waals surface area contributed by atoms with Crippen LogP contribution in [0, 0.1) is 5.41 Å². The molecule has 4 nitrogen and oxygen atoms in total. The first-order valence-electron chi connectivity index (χ1n) is 7.81. The molecule has 0 unspecified atom stereocenters. The third-order valence-corrected chi connectivity index (χ3v) is 4.53. The molecule has 1 spiro atoms. The third kappa shape index (κ3) is 3.56. The van der Waals surface area contributed by atoms with Crippen molar-refractivity contribution in [1.82, 2.24) is 4.90 Å². The van der Waals surface area contributed by atoms with Gasteiger partial charge in [-0.15, -0.1) is 0 Å². The number of carbonyl (C=O) groups is 1. The second kappa shape index (κ2) is 6.48. The molecular formula is C17H23NO3. The first kappa shape index (κ1) is 14.4. The quantitative estimate of drug-likeness (QED) is 0.855. The third-order valence-electron chi connectivity index (χ3n) is 4.53. The summed E-state index contributed by atoms with van der Waals surface area (Å²) in [6.07, 6.45) is 3.83. The molecule has 2 fully saturated rings. The van der Waals surface area contributed by atoms with Crippen molar-refractivity contribution in [2.24, 2.45) is 5.41 Å². The van der Waals surface area contributed by atoms with E-state index in [4.69, 9.17) is 9.47 Å². The minimum absolute atomic E-state index is 0.205. The molecule has 2 aliphatic heterocycles. The van der Waals surface area contributed by atoms with E-state index in [1.165, 1.54) is 6.42 Å². The predicted octanol–water partition coefficient (Wildman–Crippen LogP) is 2.48. The molecule has 2 aliphatic rings. The van der Waals surface area contributed by atoms with Crippen LogP contribution < -0.4 is 4.74 Å². The van der Waals surface area contributed by atoms with Crippen molar-refractivity contribution in [3.8, 4) is 5.75 Å². The molecule has 0 aliphatic carbocycles. The van der Waals surface area contributed by atoms with Gasteiger partial charge in [-0.2, -0.15) is 0 Å². The summed E-state index contributed by atoms with van der Waals surface area (Å²) in [6, 6.07) is 9.65. The predicted molar refractivity (Wildman–Crippen MR) is 80.2 cm³/mol. The Balaban J connectivity index is 1.46. The lowest BCUT2D eigenvalue weighted by Gasteiger charge is -2.39. The zero-order chi connectivity index (χ0) is 14.5. The molecule has 0 bridgehead atoms. The summed E-state index contributed by atoms with van der Waals surface area (Å²) in [7, 11) is 0. The van der Waals surface area contributed by atoms with Gasteiger partial charge >= 0.3 is 0 Å². The maximum Gasteiger partial charge on any atom is 0.226 e. The number of carbonyl (C=O) groups excluding carboxylic acids is 1. The van der Waals surface area contributed by atoms with Gasteiger partial charge in [0.05, 0.1) is 19.6 Å². The molecule has 3 rings (SSSR count). The fraction of sp³-hybridized carbons (Fsp3) is 0.588. The Hall–Kier alpha value is -1.55. The van der Waals surface area contributed by atoms with E-state index >= 15 is 0 Å². The Morgan fingerprint density at radius 3 is 2.90 bits per heavy atom. The van der Waals surface area contributed by atoms with Gasteiger partial charge in [0.1, 0.15) is 5.75 Å². The van der Waals surface area contributed by atoms with Crippen LogP contribution >= 0.6 is 0 Å². The summed E-state index contributed by atoms with van der Waals surface area (Å²) in [6.45, 7) is 3.85. The average molecular weight is 289 g/mol. The monoisotopic (exact) mass is 289 g/mol. The van der Waals surface area contributed by atoms with E-state index in [0.29, 0.717) is 13.0 Å². The first-order valence-corrected chi connectivity index (χ1v) is 7.81. The van der Waals surface area contributed by atoms with Crippen LogP contribution in [0.15, 0.2) is 30.3 Å². The molecule has 1 amide bonds. The van der Waals surface area contributed by atoms with Crippen LogP contribution in [0.4, 0.5) is 0 Å². The summed E-state index contributed by atoms with van der Waals surface area (Å²) in [5.74, 6) is 1.03. The highest BCUT2D eigenvalue weighted by molar-refractivity contribution is 5.76. The Morgan fingerprint density at radius 1 is 1.29 bits per heavy atom. The fourth-order valence-electron chi connectivity index (χ4n) is 3.32. The number of para-hydroxylation sites is 1. The second-order valence-corrected chi connectivity index (χ2v) is 6.13. The molecule has 21 heavy (non-hydrogen) atoms. The lowest BCUT2D eigenvalue weighted by Crippen LogP contribution is -2.46. The van der Waals surface area contributed by atoms with Crippen molar-refractivity contribution < 1.29 is 14.3 Å². The Labute approximate surface area is 126 Å². The van der Waals surface area contributed by atoms with E-state index < -0.39 is 0 Å². The van der Waals surface area contributed by atoms with Gasteiger partial charge < -0.3 is 14.4 Å². The molecule has 0 aromatic heterocycles. The smallest absolute Gasteiger partial charge is 0.226 e. The Morgan fingerprint density at radius 2 is 2.14 bits per heavy atom. The lowest BCUT2D eigenvalue weighted by atomic mass is 9.79. The number of hydrogen-bond donors (Lipinski definition) is 0. The van der Waals surface area contributed by atoms with E-state index in [2.05, 4.69) is 0 Å². The van der Waals surface area contributed by atoms with Gasteiger partial charge in [0, 0.05) is 25.1 Å². The molecule has 4 heteroatoms. The van der Waals surface area contributed by atoms with Gasteiger partial charge in [0.2, 0.25) is 5.91 Å². The topological polar surface area (TPSA) is 38.8 Å². The van der Waals surface area contributed by atoms with Gasteiger partial charge in [0.25, 0.3) is 0 Å². The second-order valence-electron chi connectivity index (χ2n) is 6.13. The molecule has 1 aromatic carbocycles. The maximum absolute atomic E-state index is 12.3. The number of hydrogen-bond acceptors (Lipinski definition) is 3. The molecule has 114 valence electrons. The van der Waals surface area contributed by atoms with Gasteiger partial charge in [-0.3, -0.25) is 4.79 Å². The summed E-state index contributed by atoms with van der Waals surface area (Å²) < 4.78 is 11.2. The van der Waals surface area contributed by atoms with Crippen LogP contribution in [-0.4, -0.2) is 43.7 Å². The van der Waals surface area contributed by atoms with Crippen LogP contribution in [0.3, 0.4) is 0 Å². The van der Waals surface area contributed by atoms with Gasteiger partial charge in [-0.05, 0) is 31.4 Å². The average Bonchev–Trinajstić information content (AvgIpc) is 2.96. The van der Waals surface area contributed by atoms with Crippen LogP contribution in [0.1, 0.15) is 25.7 Å².